The number of piperidine rings is 1. The van der Waals surface area contributed by atoms with Gasteiger partial charge in [-0.1, -0.05) is 18.7 Å². The number of nitrogens with one attached hydrogen (secondary N) is 1. The number of amides is 2. The molecular weight excluding hydrogens is 362 g/mol. The van der Waals surface area contributed by atoms with Crippen molar-refractivity contribution in [2.24, 2.45) is 0 Å². The van der Waals surface area contributed by atoms with E-state index in [9.17, 15) is 9.59 Å². The first-order valence-electron chi connectivity index (χ1n) is 10.2. The second-order valence-electron chi connectivity index (χ2n) is 7.89. The molecule has 2 aliphatic rings. The van der Waals surface area contributed by atoms with Crippen molar-refractivity contribution in [2.45, 2.75) is 25.2 Å². The van der Waals surface area contributed by atoms with Gasteiger partial charge in [0.05, 0.1) is 0 Å². The molecule has 1 fully saturated rings. The summed E-state index contributed by atoms with van der Waals surface area (Å²) in [5, 5.41) is 3.00. The zero-order chi connectivity index (χ0) is 20.4. The van der Waals surface area contributed by atoms with E-state index in [-0.39, 0.29) is 11.8 Å². The molecule has 4 rings (SSSR count). The standard InChI is InChI=1S/C24H27N3O2/c1-3-23(28)27-14-11-18(12-15-27)17-4-7-21(8-5-17)25-24(29)20-6-9-22-19(16-20)10-13-26(22)2/h3-9,16,18H,1,10-15H2,2H3,(H,25,29). The number of hydrogen-bond donors (Lipinski definition) is 1. The van der Waals surface area contributed by atoms with Gasteiger partial charge in [-0.25, -0.2) is 0 Å². The molecule has 0 atom stereocenters. The molecule has 2 heterocycles. The topological polar surface area (TPSA) is 52.7 Å². The lowest BCUT2D eigenvalue weighted by Gasteiger charge is -2.31. The van der Waals surface area contributed by atoms with Gasteiger partial charge >= 0.3 is 0 Å². The fourth-order valence-corrected chi connectivity index (χ4v) is 4.31. The van der Waals surface area contributed by atoms with E-state index >= 15 is 0 Å². The molecule has 2 aromatic rings. The highest BCUT2D eigenvalue weighted by atomic mass is 16.2. The third kappa shape index (κ3) is 4.04. The lowest BCUT2D eigenvalue weighted by atomic mass is 9.89. The van der Waals surface area contributed by atoms with Crippen LogP contribution in [0.1, 0.15) is 40.2 Å². The minimum Gasteiger partial charge on any atom is -0.374 e. The minimum absolute atomic E-state index is 0.0136. The quantitative estimate of drug-likeness (QED) is 0.809. The summed E-state index contributed by atoms with van der Waals surface area (Å²) in [5.41, 5.74) is 5.20. The number of likely N-dealkylation sites (tertiary alicyclic amines) is 1. The monoisotopic (exact) mass is 389 g/mol. The number of nitrogens with zero attached hydrogens (tertiary/aromatic N) is 2. The van der Waals surface area contributed by atoms with Crippen molar-refractivity contribution >= 4 is 23.2 Å². The molecule has 1 saturated heterocycles. The molecule has 0 saturated carbocycles. The molecular formula is C24H27N3O2. The minimum atomic E-state index is -0.0775. The number of anilines is 2. The normalized spacial score (nSPS) is 16.4. The lowest BCUT2D eigenvalue weighted by Crippen LogP contribution is -2.36. The van der Waals surface area contributed by atoms with Gasteiger partial charge in [0.15, 0.2) is 0 Å². The first-order valence-corrected chi connectivity index (χ1v) is 10.2. The summed E-state index contributed by atoms with van der Waals surface area (Å²) in [6.07, 6.45) is 4.28. The number of rotatable bonds is 4. The molecule has 0 aliphatic carbocycles. The van der Waals surface area contributed by atoms with Crippen molar-refractivity contribution in [1.82, 2.24) is 4.90 Å². The van der Waals surface area contributed by atoms with Crippen LogP contribution in [0.5, 0.6) is 0 Å². The number of hydrogen-bond acceptors (Lipinski definition) is 3. The Labute approximate surface area is 172 Å². The Bertz CT molecular complexity index is 928. The number of carbonyl (C=O) groups excluding carboxylic acids is 2. The van der Waals surface area contributed by atoms with Gasteiger partial charge in [-0.2, -0.15) is 0 Å². The predicted molar refractivity (Wildman–Crippen MR) is 117 cm³/mol. The molecule has 2 amide bonds. The van der Waals surface area contributed by atoms with Crippen LogP contribution in [0, 0.1) is 0 Å². The fraction of sp³-hybridized carbons (Fsp3) is 0.333. The molecule has 0 radical (unpaired) electrons. The maximum Gasteiger partial charge on any atom is 0.255 e. The van der Waals surface area contributed by atoms with Gasteiger partial charge < -0.3 is 15.1 Å². The van der Waals surface area contributed by atoms with Crippen molar-refractivity contribution in [3.8, 4) is 0 Å². The number of benzene rings is 2. The largest absolute Gasteiger partial charge is 0.374 e. The van der Waals surface area contributed by atoms with Gasteiger partial charge in [-0.05, 0) is 72.7 Å². The Hall–Kier alpha value is -3.08. The molecule has 0 unspecified atom stereocenters. The fourth-order valence-electron chi connectivity index (χ4n) is 4.31. The molecule has 5 nitrogen and oxygen atoms in total. The second-order valence-corrected chi connectivity index (χ2v) is 7.89. The van der Waals surface area contributed by atoms with Gasteiger partial charge in [0.2, 0.25) is 5.91 Å². The van der Waals surface area contributed by atoms with Crippen LogP contribution in [0.4, 0.5) is 11.4 Å². The average Bonchev–Trinajstić information content (AvgIpc) is 3.14. The lowest BCUT2D eigenvalue weighted by molar-refractivity contribution is -0.127. The van der Waals surface area contributed by atoms with E-state index < -0.39 is 0 Å². The summed E-state index contributed by atoms with van der Waals surface area (Å²) < 4.78 is 0. The molecule has 2 aromatic carbocycles. The summed E-state index contributed by atoms with van der Waals surface area (Å²) in [4.78, 5) is 28.4. The maximum atomic E-state index is 12.6. The van der Waals surface area contributed by atoms with Gasteiger partial charge in [0.25, 0.3) is 5.91 Å². The van der Waals surface area contributed by atoms with Crippen molar-refractivity contribution in [3.63, 3.8) is 0 Å². The molecule has 29 heavy (non-hydrogen) atoms. The summed E-state index contributed by atoms with van der Waals surface area (Å²) in [6, 6.07) is 14.0. The van der Waals surface area contributed by atoms with Crippen LogP contribution in [0.2, 0.25) is 0 Å². The van der Waals surface area contributed by atoms with E-state index in [1.54, 1.807) is 0 Å². The van der Waals surface area contributed by atoms with Crippen LogP contribution in [-0.4, -0.2) is 43.4 Å². The Morgan fingerprint density at radius 2 is 1.79 bits per heavy atom. The van der Waals surface area contributed by atoms with Crippen molar-refractivity contribution < 1.29 is 9.59 Å². The zero-order valence-electron chi connectivity index (χ0n) is 16.9. The first-order chi connectivity index (χ1) is 14.0. The highest BCUT2D eigenvalue weighted by molar-refractivity contribution is 6.04. The summed E-state index contributed by atoms with van der Waals surface area (Å²) in [6.45, 7) is 6.09. The van der Waals surface area contributed by atoms with Crippen LogP contribution in [0.25, 0.3) is 0 Å². The van der Waals surface area contributed by atoms with Gasteiger partial charge in [-0.15, -0.1) is 0 Å². The van der Waals surface area contributed by atoms with Crippen LogP contribution >= 0.6 is 0 Å². The molecule has 150 valence electrons. The summed E-state index contributed by atoms with van der Waals surface area (Å²) >= 11 is 0. The third-order valence-electron chi connectivity index (χ3n) is 6.09. The van der Waals surface area contributed by atoms with Gasteiger partial charge in [0.1, 0.15) is 0 Å². The van der Waals surface area contributed by atoms with Crippen LogP contribution in [-0.2, 0) is 11.2 Å². The van der Waals surface area contributed by atoms with E-state index in [4.69, 9.17) is 0 Å². The first kappa shape index (κ1) is 19.2. The predicted octanol–water partition coefficient (Wildman–Crippen LogP) is 3.82. The maximum absolute atomic E-state index is 12.6. The van der Waals surface area contributed by atoms with Crippen molar-refractivity contribution in [3.05, 3.63) is 71.8 Å². The SMILES string of the molecule is C=CC(=O)N1CCC(c2ccc(NC(=O)c3ccc4c(c3)CCN4C)cc2)CC1. The zero-order valence-corrected chi connectivity index (χ0v) is 16.9. The summed E-state index contributed by atoms with van der Waals surface area (Å²) in [7, 11) is 2.08. The molecule has 0 aromatic heterocycles. The van der Waals surface area contributed by atoms with E-state index in [2.05, 4.69) is 36.0 Å². The molecule has 0 spiro atoms. The summed E-state index contributed by atoms with van der Waals surface area (Å²) in [5.74, 6) is 0.383. The molecule has 0 bridgehead atoms. The number of likely N-dealkylation sites (N-methyl/N-ethyl adjacent to an activating group) is 1. The molecule has 1 N–H and O–H groups in total. The second kappa shape index (κ2) is 8.11. The van der Waals surface area contributed by atoms with E-state index in [0.717, 1.165) is 44.6 Å². The van der Waals surface area contributed by atoms with Crippen LogP contribution < -0.4 is 10.2 Å². The number of carbonyl (C=O) groups is 2. The highest BCUT2D eigenvalue weighted by Crippen LogP contribution is 2.30. The Balaban J connectivity index is 1.37. The Morgan fingerprint density at radius 3 is 2.48 bits per heavy atom. The van der Waals surface area contributed by atoms with Gasteiger partial charge in [-0.3, -0.25) is 9.59 Å². The highest BCUT2D eigenvalue weighted by Gasteiger charge is 2.22. The van der Waals surface area contributed by atoms with Gasteiger partial charge in [0, 0.05) is 43.6 Å². The van der Waals surface area contributed by atoms with Crippen LogP contribution in [0.3, 0.4) is 0 Å². The van der Waals surface area contributed by atoms with Crippen LogP contribution in [0.15, 0.2) is 55.1 Å². The molecule has 2 aliphatic heterocycles. The van der Waals surface area contributed by atoms with Crippen molar-refractivity contribution in [1.29, 1.82) is 0 Å². The third-order valence-corrected chi connectivity index (χ3v) is 6.09. The number of fused-ring (bicyclic) bond motifs is 1. The smallest absolute Gasteiger partial charge is 0.255 e. The van der Waals surface area contributed by atoms with Crippen molar-refractivity contribution in [2.75, 3.05) is 36.9 Å². The average molecular weight is 389 g/mol. The van der Waals surface area contributed by atoms with E-state index in [1.165, 1.54) is 22.9 Å². The molecule has 5 heteroatoms. The van der Waals surface area contributed by atoms with E-state index in [0.29, 0.717) is 11.5 Å². The Kier molecular flexibility index (Phi) is 5.38. The van der Waals surface area contributed by atoms with E-state index in [1.807, 2.05) is 35.2 Å². The Morgan fingerprint density at radius 1 is 1.07 bits per heavy atom.